The molecule has 1 rings (SSSR count). The summed E-state index contributed by atoms with van der Waals surface area (Å²) in [5.41, 5.74) is 1.26. The van der Waals surface area contributed by atoms with Gasteiger partial charge >= 0.3 is 9.28 Å². The van der Waals surface area contributed by atoms with Gasteiger partial charge in [-0.2, -0.15) is 0 Å². The molecule has 1 aromatic carbocycles. The van der Waals surface area contributed by atoms with Crippen LogP contribution in [-0.2, 0) is 15.6 Å². The molecule has 2 unspecified atom stereocenters. The number of hydrogen-bond donors (Lipinski definition) is 1. The number of ether oxygens (including phenoxy) is 1. The largest absolute Gasteiger partial charge is 0.413 e. The van der Waals surface area contributed by atoms with E-state index in [0.717, 1.165) is 12.8 Å². The number of hydrogen-bond acceptors (Lipinski definition) is 3. The first-order chi connectivity index (χ1) is 7.72. The van der Waals surface area contributed by atoms with E-state index in [1.54, 1.807) is 6.55 Å². The molecular weight excluding hydrogens is 220 g/mol. The van der Waals surface area contributed by atoms with Gasteiger partial charge in [0.15, 0.2) is 0 Å². The number of benzene rings is 1. The quantitative estimate of drug-likeness (QED) is 0.584. The van der Waals surface area contributed by atoms with Crippen LogP contribution in [-0.4, -0.2) is 27.0 Å². The Morgan fingerprint density at radius 2 is 2.00 bits per heavy atom. The Morgan fingerprint density at radius 3 is 2.56 bits per heavy atom. The standard InChI is InChI=1S/C12H20O3Si/c1-3-12(15-16(2)13)14-10-9-11-7-5-4-6-8-11/h4-8,12-13,16H,3,9-10H2,1-2H3. The Hall–Kier alpha value is -0.683. The summed E-state index contributed by atoms with van der Waals surface area (Å²) in [6.45, 7) is 4.34. The van der Waals surface area contributed by atoms with Gasteiger partial charge in [0.2, 0.25) is 0 Å². The zero-order valence-corrected chi connectivity index (χ0v) is 11.1. The van der Waals surface area contributed by atoms with E-state index < -0.39 is 9.28 Å². The van der Waals surface area contributed by atoms with Crippen LogP contribution in [0.1, 0.15) is 18.9 Å². The summed E-state index contributed by atoms with van der Waals surface area (Å²) in [6, 6.07) is 10.2. The van der Waals surface area contributed by atoms with Crippen LogP contribution >= 0.6 is 0 Å². The summed E-state index contributed by atoms with van der Waals surface area (Å²) in [6.07, 6.45) is 1.39. The minimum atomic E-state index is -1.99. The molecule has 0 spiro atoms. The van der Waals surface area contributed by atoms with E-state index in [4.69, 9.17) is 9.16 Å². The van der Waals surface area contributed by atoms with Crippen LogP contribution in [0.15, 0.2) is 30.3 Å². The van der Waals surface area contributed by atoms with Gasteiger partial charge in [-0.25, -0.2) is 0 Å². The van der Waals surface area contributed by atoms with Crippen molar-refractivity contribution < 1.29 is 14.0 Å². The molecule has 2 atom stereocenters. The van der Waals surface area contributed by atoms with Crippen LogP contribution in [0.3, 0.4) is 0 Å². The molecule has 0 saturated heterocycles. The van der Waals surface area contributed by atoms with Gasteiger partial charge in [0.25, 0.3) is 0 Å². The fraction of sp³-hybridized carbons (Fsp3) is 0.500. The van der Waals surface area contributed by atoms with Crippen molar-refractivity contribution in [2.45, 2.75) is 32.6 Å². The Balaban J connectivity index is 2.23. The summed E-state index contributed by atoms with van der Waals surface area (Å²) in [5.74, 6) is 0. The summed E-state index contributed by atoms with van der Waals surface area (Å²) in [4.78, 5) is 9.21. The molecule has 0 radical (unpaired) electrons. The summed E-state index contributed by atoms with van der Waals surface area (Å²) in [5, 5.41) is 0. The lowest BCUT2D eigenvalue weighted by Gasteiger charge is -2.18. The van der Waals surface area contributed by atoms with E-state index in [-0.39, 0.29) is 6.29 Å². The van der Waals surface area contributed by atoms with Crippen molar-refractivity contribution in [2.24, 2.45) is 0 Å². The van der Waals surface area contributed by atoms with Crippen LogP contribution in [0.2, 0.25) is 6.55 Å². The molecule has 16 heavy (non-hydrogen) atoms. The van der Waals surface area contributed by atoms with Crippen molar-refractivity contribution in [3.63, 3.8) is 0 Å². The molecule has 1 aromatic rings. The topological polar surface area (TPSA) is 38.7 Å². The molecule has 0 aliphatic rings. The zero-order chi connectivity index (χ0) is 11.8. The third-order valence-corrected chi connectivity index (χ3v) is 2.92. The van der Waals surface area contributed by atoms with E-state index in [9.17, 15) is 4.80 Å². The highest BCUT2D eigenvalue weighted by Gasteiger charge is 2.10. The zero-order valence-electron chi connectivity index (χ0n) is 9.93. The molecule has 0 amide bonds. The van der Waals surface area contributed by atoms with Gasteiger partial charge in [0, 0.05) is 0 Å². The normalized spacial score (nSPS) is 14.7. The lowest BCUT2D eigenvalue weighted by molar-refractivity contribution is -0.0901. The minimum Gasteiger partial charge on any atom is -0.413 e. The molecule has 1 N–H and O–H groups in total. The van der Waals surface area contributed by atoms with Crippen LogP contribution in [0, 0.1) is 0 Å². The van der Waals surface area contributed by atoms with Crippen LogP contribution < -0.4 is 0 Å². The third-order valence-electron chi connectivity index (χ3n) is 2.22. The molecule has 0 fully saturated rings. The van der Waals surface area contributed by atoms with Crippen molar-refractivity contribution >= 4 is 9.28 Å². The molecule has 0 aromatic heterocycles. The monoisotopic (exact) mass is 240 g/mol. The second kappa shape index (κ2) is 7.57. The molecular formula is C12H20O3Si. The Morgan fingerprint density at radius 1 is 1.31 bits per heavy atom. The van der Waals surface area contributed by atoms with Gasteiger partial charge in [-0.05, 0) is 25.0 Å². The first kappa shape index (κ1) is 13.4. The van der Waals surface area contributed by atoms with E-state index in [2.05, 4.69) is 12.1 Å². The van der Waals surface area contributed by atoms with E-state index in [1.165, 1.54) is 5.56 Å². The molecule has 0 bridgehead atoms. The molecule has 90 valence electrons. The van der Waals surface area contributed by atoms with Gasteiger partial charge in [0.05, 0.1) is 6.61 Å². The summed E-state index contributed by atoms with van der Waals surface area (Å²) in [7, 11) is -1.99. The van der Waals surface area contributed by atoms with Crippen LogP contribution in [0.4, 0.5) is 0 Å². The highest BCUT2D eigenvalue weighted by molar-refractivity contribution is 6.40. The molecule has 0 heterocycles. The fourth-order valence-electron chi connectivity index (χ4n) is 1.43. The van der Waals surface area contributed by atoms with Gasteiger partial charge in [-0.3, -0.25) is 0 Å². The predicted octanol–water partition coefficient (Wildman–Crippen LogP) is 1.84. The maximum atomic E-state index is 9.21. The Labute approximate surface area is 98.9 Å². The summed E-state index contributed by atoms with van der Waals surface area (Å²) >= 11 is 0. The van der Waals surface area contributed by atoms with E-state index in [1.807, 2.05) is 25.1 Å². The van der Waals surface area contributed by atoms with E-state index >= 15 is 0 Å². The highest BCUT2D eigenvalue weighted by atomic mass is 28.3. The smallest absolute Gasteiger partial charge is 0.317 e. The van der Waals surface area contributed by atoms with Gasteiger partial charge in [0.1, 0.15) is 6.29 Å². The average Bonchev–Trinajstić information content (AvgIpc) is 2.28. The maximum absolute atomic E-state index is 9.21. The van der Waals surface area contributed by atoms with Crippen LogP contribution in [0.25, 0.3) is 0 Å². The highest BCUT2D eigenvalue weighted by Crippen LogP contribution is 2.05. The lowest BCUT2D eigenvalue weighted by Crippen LogP contribution is -2.25. The van der Waals surface area contributed by atoms with Crippen molar-refractivity contribution in [2.75, 3.05) is 6.61 Å². The fourth-order valence-corrected chi connectivity index (χ4v) is 2.14. The second-order valence-corrected chi connectivity index (χ2v) is 5.15. The minimum absolute atomic E-state index is 0.254. The number of rotatable bonds is 7. The van der Waals surface area contributed by atoms with Gasteiger partial charge < -0.3 is 14.0 Å². The summed E-state index contributed by atoms with van der Waals surface area (Å²) < 4.78 is 10.9. The molecule has 4 heteroatoms. The van der Waals surface area contributed by atoms with Gasteiger partial charge in [-0.1, -0.05) is 37.3 Å². The molecule has 0 saturated carbocycles. The third kappa shape index (κ3) is 5.41. The van der Waals surface area contributed by atoms with Crippen molar-refractivity contribution in [1.29, 1.82) is 0 Å². The Bertz CT molecular complexity index is 277. The Kier molecular flexibility index (Phi) is 6.33. The SMILES string of the molecule is CCC(OCCc1ccccc1)O[SiH](C)O. The van der Waals surface area contributed by atoms with Crippen molar-refractivity contribution in [3.8, 4) is 0 Å². The molecule has 3 nitrogen and oxygen atoms in total. The van der Waals surface area contributed by atoms with Gasteiger partial charge in [-0.15, -0.1) is 0 Å². The average molecular weight is 240 g/mol. The first-order valence-corrected chi connectivity index (χ1v) is 7.85. The van der Waals surface area contributed by atoms with Crippen molar-refractivity contribution in [3.05, 3.63) is 35.9 Å². The lowest BCUT2D eigenvalue weighted by atomic mass is 10.2. The second-order valence-electron chi connectivity index (χ2n) is 3.68. The molecule has 0 aliphatic heterocycles. The van der Waals surface area contributed by atoms with Crippen LogP contribution in [0.5, 0.6) is 0 Å². The van der Waals surface area contributed by atoms with E-state index in [0.29, 0.717) is 6.61 Å². The molecule has 0 aliphatic carbocycles. The maximum Gasteiger partial charge on any atom is 0.317 e. The van der Waals surface area contributed by atoms with Crippen molar-refractivity contribution in [1.82, 2.24) is 0 Å². The first-order valence-electron chi connectivity index (χ1n) is 5.71. The predicted molar refractivity (Wildman–Crippen MR) is 66.5 cm³/mol.